The minimum absolute atomic E-state index is 0.0980. The fraction of sp³-hybridized carbons (Fsp3) is 0.276. The van der Waals surface area contributed by atoms with Crippen LogP contribution in [-0.4, -0.2) is 0 Å². The molecule has 0 aliphatic heterocycles. The summed E-state index contributed by atoms with van der Waals surface area (Å²) in [4.78, 5) is 2.64. The maximum atomic E-state index is 2.64. The highest BCUT2D eigenvalue weighted by Crippen LogP contribution is 2.67. The highest BCUT2D eigenvalue weighted by molar-refractivity contribution is 5.96. The maximum Gasteiger partial charge on any atom is 0.0543 e. The van der Waals surface area contributed by atoms with Crippen molar-refractivity contribution < 1.29 is 0 Å². The van der Waals surface area contributed by atoms with Crippen molar-refractivity contribution in [3.05, 3.63) is 186 Å². The lowest BCUT2D eigenvalue weighted by Gasteiger charge is -2.55. The van der Waals surface area contributed by atoms with Gasteiger partial charge >= 0.3 is 0 Å². The molecule has 0 saturated heterocycles. The fourth-order valence-electron chi connectivity index (χ4n) is 13.5. The summed E-state index contributed by atoms with van der Waals surface area (Å²) < 4.78 is 0. The topological polar surface area (TPSA) is 3.24 Å². The Hall–Kier alpha value is -5.66. The summed E-state index contributed by atoms with van der Waals surface area (Å²) >= 11 is 0. The van der Waals surface area contributed by atoms with Crippen LogP contribution in [0.1, 0.15) is 93.4 Å². The number of fused-ring (bicyclic) bond motifs is 8. The van der Waals surface area contributed by atoms with E-state index in [1.165, 1.54) is 131 Å². The van der Waals surface area contributed by atoms with Crippen LogP contribution in [0.2, 0.25) is 0 Å². The standard InChI is InChI=1S/C58H53N/c1-2-39-36-44-16-12-17-45(37-39)58(44)52-21-9-7-19-50(52)56-53(58)22-13-23-55(56)59(46-30-28-43(29-31-46)42-26-24-41(25-27-42)40-14-4-3-5-15-40)47-32-33-49-48-18-6-8-20-51(48)57(54(49)38-47)34-10-11-35-57/h3-9,13-15,18-33,38-39,44-45H,2,10-12,16-17,34-37H2,1H3. The van der Waals surface area contributed by atoms with E-state index >= 15 is 0 Å². The van der Waals surface area contributed by atoms with E-state index in [2.05, 4.69) is 176 Å². The van der Waals surface area contributed by atoms with E-state index in [0.29, 0.717) is 11.8 Å². The molecule has 0 radical (unpaired) electrons. The molecule has 3 fully saturated rings. The second kappa shape index (κ2) is 13.7. The Kier molecular flexibility index (Phi) is 8.20. The van der Waals surface area contributed by atoms with Crippen molar-refractivity contribution in [1.82, 2.24) is 0 Å². The van der Waals surface area contributed by atoms with Crippen LogP contribution in [0.15, 0.2) is 164 Å². The van der Waals surface area contributed by atoms with Gasteiger partial charge in [0, 0.05) is 27.8 Å². The average Bonchev–Trinajstić information content (AvgIpc) is 3.98. The van der Waals surface area contributed by atoms with Crippen molar-refractivity contribution in [2.45, 2.75) is 82.0 Å². The van der Waals surface area contributed by atoms with E-state index in [1.807, 2.05) is 0 Å². The molecule has 3 saturated carbocycles. The summed E-state index contributed by atoms with van der Waals surface area (Å²) in [6, 6.07) is 63.0. The molecule has 2 unspecified atom stereocenters. The third-order valence-corrected chi connectivity index (χ3v) is 16.0. The third kappa shape index (κ3) is 5.16. The van der Waals surface area contributed by atoms with Gasteiger partial charge in [-0.3, -0.25) is 0 Å². The lowest BCUT2D eigenvalue weighted by Crippen LogP contribution is -2.49. The summed E-state index contributed by atoms with van der Waals surface area (Å²) in [6.45, 7) is 2.43. The zero-order valence-corrected chi connectivity index (χ0v) is 34.3. The van der Waals surface area contributed by atoms with Crippen LogP contribution in [0.3, 0.4) is 0 Å². The number of hydrogen-bond donors (Lipinski definition) is 0. The molecule has 12 rings (SSSR count). The monoisotopic (exact) mass is 763 g/mol. The molecule has 290 valence electrons. The molecule has 2 atom stereocenters. The van der Waals surface area contributed by atoms with Crippen molar-refractivity contribution >= 4 is 17.1 Å². The van der Waals surface area contributed by atoms with Crippen LogP contribution < -0.4 is 4.90 Å². The molecule has 0 amide bonds. The number of benzene rings is 7. The molecule has 1 heteroatoms. The van der Waals surface area contributed by atoms with E-state index in [4.69, 9.17) is 0 Å². The van der Waals surface area contributed by atoms with Crippen LogP contribution in [0.4, 0.5) is 17.1 Å². The van der Waals surface area contributed by atoms with Crippen LogP contribution in [0.5, 0.6) is 0 Å². The van der Waals surface area contributed by atoms with Gasteiger partial charge in [-0.2, -0.15) is 0 Å². The van der Waals surface area contributed by atoms with Gasteiger partial charge < -0.3 is 4.90 Å². The molecule has 7 aromatic rings. The molecule has 2 bridgehead atoms. The Bertz CT molecular complexity index is 2680. The smallest absolute Gasteiger partial charge is 0.0543 e. The first-order valence-corrected chi connectivity index (χ1v) is 22.7. The van der Waals surface area contributed by atoms with Crippen molar-refractivity contribution in [2.24, 2.45) is 17.8 Å². The van der Waals surface area contributed by atoms with Gasteiger partial charge in [0.2, 0.25) is 0 Å². The summed E-state index contributed by atoms with van der Waals surface area (Å²) in [6.07, 6.45) is 13.1. The van der Waals surface area contributed by atoms with Gasteiger partial charge in [0.15, 0.2) is 0 Å². The van der Waals surface area contributed by atoms with Gasteiger partial charge in [0.1, 0.15) is 0 Å². The predicted octanol–water partition coefficient (Wildman–Crippen LogP) is 15.8. The van der Waals surface area contributed by atoms with E-state index in [-0.39, 0.29) is 10.8 Å². The molecule has 7 aromatic carbocycles. The lowest BCUT2D eigenvalue weighted by atomic mass is 9.49. The number of rotatable bonds is 6. The lowest BCUT2D eigenvalue weighted by molar-refractivity contribution is 0.0492. The molecule has 5 aliphatic rings. The molecule has 5 aliphatic carbocycles. The second-order valence-electron chi connectivity index (χ2n) is 18.6. The average molecular weight is 764 g/mol. The van der Waals surface area contributed by atoms with E-state index in [0.717, 1.165) is 5.92 Å². The first-order chi connectivity index (χ1) is 29.2. The van der Waals surface area contributed by atoms with Gasteiger partial charge in [-0.05, 0) is 148 Å². The van der Waals surface area contributed by atoms with Gasteiger partial charge in [-0.25, -0.2) is 0 Å². The first-order valence-electron chi connectivity index (χ1n) is 22.7. The Morgan fingerprint density at radius 2 is 1.03 bits per heavy atom. The summed E-state index contributed by atoms with van der Waals surface area (Å²) in [5.74, 6) is 2.23. The van der Waals surface area contributed by atoms with Crippen molar-refractivity contribution in [1.29, 1.82) is 0 Å². The van der Waals surface area contributed by atoms with Crippen LogP contribution in [0.25, 0.3) is 44.5 Å². The maximum absolute atomic E-state index is 2.64. The second-order valence-corrected chi connectivity index (χ2v) is 18.6. The first kappa shape index (κ1) is 35.3. The SMILES string of the molecule is CCC1CC2CCCC(C1)C21c2ccccc2-c2c(N(c3ccc(-c4ccc(-c5ccccc5)cc4)cc3)c3ccc4c(c3)C3(CCCC3)c3ccccc3-4)cccc21. The molecular formula is C58H53N. The van der Waals surface area contributed by atoms with Crippen molar-refractivity contribution in [3.63, 3.8) is 0 Å². The summed E-state index contributed by atoms with van der Waals surface area (Å²) in [5.41, 5.74) is 21.1. The Morgan fingerprint density at radius 1 is 0.475 bits per heavy atom. The van der Waals surface area contributed by atoms with Crippen molar-refractivity contribution in [2.75, 3.05) is 4.90 Å². The number of nitrogens with zero attached hydrogens (tertiary/aromatic N) is 1. The summed E-state index contributed by atoms with van der Waals surface area (Å²) in [7, 11) is 0. The zero-order chi connectivity index (χ0) is 39.1. The highest BCUT2D eigenvalue weighted by atomic mass is 15.1. The largest absolute Gasteiger partial charge is 0.310 e. The van der Waals surface area contributed by atoms with E-state index < -0.39 is 0 Å². The van der Waals surface area contributed by atoms with Crippen LogP contribution in [0, 0.1) is 17.8 Å². The molecule has 0 aromatic heterocycles. The molecule has 0 N–H and O–H groups in total. The predicted molar refractivity (Wildman–Crippen MR) is 247 cm³/mol. The normalized spacial score (nSPS) is 22.8. The Balaban J connectivity index is 1.04. The molecule has 1 nitrogen and oxygen atoms in total. The summed E-state index contributed by atoms with van der Waals surface area (Å²) in [5, 5.41) is 0. The van der Waals surface area contributed by atoms with E-state index in [1.54, 1.807) is 16.7 Å². The van der Waals surface area contributed by atoms with E-state index in [9.17, 15) is 0 Å². The Labute approximate surface area is 350 Å². The molecule has 0 heterocycles. The minimum atomic E-state index is 0.0980. The molecule has 59 heavy (non-hydrogen) atoms. The van der Waals surface area contributed by atoms with Gasteiger partial charge in [-0.1, -0.05) is 166 Å². The van der Waals surface area contributed by atoms with Gasteiger partial charge in [0.05, 0.1) is 5.69 Å². The van der Waals surface area contributed by atoms with Crippen molar-refractivity contribution in [3.8, 4) is 44.5 Å². The molecule has 2 spiro atoms. The fourth-order valence-corrected chi connectivity index (χ4v) is 13.5. The third-order valence-electron chi connectivity index (χ3n) is 16.0. The minimum Gasteiger partial charge on any atom is -0.310 e. The van der Waals surface area contributed by atoms with Crippen LogP contribution in [-0.2, 0) is 10.8 Å². The molecular weight excluding hydrogens is 711 g/mol. The van der Waals surface area contributed by atoms with Gasteiger partial charge in [-0.15, -0.1) is 0 Å². The number of hydrogen-bond acceptors (Lipinski definition) is 1. The van der Waals surface area contributed by atoms with Gasteiger partial charge in [0.25, 0.3) is 0 Å². The Morgan fingerprint density at radius 3 is 1.73 bits per heavy atom. The zero-order valence-electron chi connectivity index (χ0n) is 34.3. The highest BCUT2D eigenvalue weighted by Gasteiger charge is 2.58. The quantitative estimate of drug-likeness (QED) is 0.163. The number of anilines is 3. The van der Waals surface area contributed by atoms with Crippen LogP contribution >= 0.6 is 0 Å².